The van der Waals surface area contributed by atoms with E-state index in [0.717, 1.165) is 11.1 Å². The summed E-state index contributed by atoms with van der Waals surface area (Å²) in [5.74, 6) is 4.80. The van der Waals surface area contributed by atoms with Gasteiger partial charge in [0.25, 0.3) is 5.91 Å². The SMILES string of the molecule is CCC#CC1=CC(N(C(=O)c2ccccc2C)C2CCC(O)CC2)=C(C(=O)O)C1. The fraction of sp³-hybridized carbons (Fsp3) is 0.417. The average Bonchev–Trinajstić information content (AvgIpc) is 3.12. The van der Waals surface area contributed by atoms with E-state index in [4.69, 9.17) is 0 Å². The number of aliphatic carboxylic acids is 1. The van der Waals surface area contributed by atoms with Crippen LogP contribution in [-0.2, 0) is 4.79 Å². The maximum atomic E-state index is 13.6. The van der Waals surface area contributed by atoms with Crippen molar-refractivity contribution < 1.29 is 19.8 Å². The second-order valence-electron chi connectivity index (χ2n) is 7.62. The van der Waals surface area contributed by atoms with E-state index < -0.39 is 5.97 Å². The monoisotopic (exact) mass is 393 g/mol. The molecule has 1 amide bonds. The number of nitrogens with zero attached hydrogens (tertiary/aromatic N) is 1. The van der Waals surface area contributed by atoms with Gasteiger partial charge in [-0.1, -0.05) is 37.0 Å². The number of carbonyl (C=O) groups is 2. The molecule has 0 atom stereocenters. The fourth-order valence-corrected chi connectivity index (χ4v) is 4.00. The highest BCUT2D eigenvalue weighted by Crippen LogP contribution is 2.35. The van der Waals surface area contributed by atoms with Crippen molar-refractivity contribution in [1.82, 2.24) is 4.90 Å². The molecule has 1 aromatic rings. The highest BCUT2D eigenvalue weighted by Gasteiger charge is 2.35. The van der Waals surface area contributed by atoms with E-state index in [9.17, 15) is 19.8 Å². The van der Waals surface area contributed by atoms with E-state index in [0.29, 0.717) is 43.4 Å². The summed E-state index contributed by atoms with van der Waals surface area (Å²) < 4.78 is 0. The molecule has 0 unspecified atom stereocenters. The van der Waals surface area contributed by atoms with Crippen molar-refractivity contribution in [3.63, 3.8) is 0 Å². The first-order valence-corrected chi connectivity index (χ1v) is 10.2. The maximum absolute atomic E-state index is 13.6. The highest BCUT2D eigenvalue weighted by molar-refractivity contribution is 5.99. The van der Waals surface area contributed by atoms with E-state index >= 15 is 0 Å². The van der Waals surface area contributed by atoms with Crippen molar-refractivity contribution >= 4 is 11.9 Å². The third-order valence-corrected chi connectivity index (χ3v) is 5.56. The molecule has 0 bridgehead atoms. The molecule has 1 aromatic carbocycles. The summed E-state index contributed by atoms with van der Waals surface area (Å²) in [5, 5.41) is 19.7. The van der Waals surface area contributed by atoms with E-state index in [1.54, 1.807) is 17.0 Å². The minimum atomic E-state index is -1.03. The lowest BCUT2D eigenvalue weighted by Gasteiger charge is -2.36. The summed E-state index contributed by atoms with van der Waals surface area (Å²) in [6.45, 7) is 3.82. The smallest absolute Gasteiger partial charge is 0.334 e. The average molecular weight is 393 g/mol. The van der Waals surface area contributed by atoms with Crippen LogP contribution in [0.25, 0.3) is 0 Å². The van der Waals surface area contributed by atoms with Crippen LogP contribution in [0.1, 0.15) is 61.4 Å². The molecule has 1 saturated carbocycles. The molecule has 0 aromatic heterocycles. The van der Waals surface area contributed by atoms with Crippen LogP contribution in [0.2, 0.25) is 0 Å². The number of aliphatic hydroxyl groups is 1. The Labute approximate surface area is 171 Å². The van der Waals surface area contributed by atoms with Crippen LogP contribution in [0, 0.1) is 18.8 Å². The molecule has 0 saturated heterocycles. The molecule has 0 aliphatic heterocycles. The van der Waals surface area contributed by atoms with E-state index in [1.807, 2.05) is 32.0 Å². The van der Waals surface area contributed by atoms with Crippen LogP contribution in [0.4, 0.5) is 0 Å². The van der Waals surface area contributed by atoms with E-state index in [2.05, 4.69) is 11.8 Å². The number of allylic oxidation sites excluding steroid dienone is 2. The van der Waals surface area contributed by atoms with Gasteiger partial charge in [-0.05, 0) is 50.3 Å². The number of rotatable bonds is 4. The van der Waals surface area contributed by atoms with Crippen LogP contribution in [0.3, 0.4) is 0 Å². The molecule has 1 fully saturated rings. The number of hydrogen-bond donors (Lipinski definition) is 2. The number of carboxylic acid groups (broad SMARTS) is 1. The predicted molar refractivity (Wildman–Crippen MR) is 111 cm³/mol. The molecule has 0 spiro atoms. The minimum Gasteiger partial charge on any atom is -0.478 e. The van der Waals surface area contributed by atoms with Crippen molar-refractivity contribution in [2.24, 2.45) is 0 Å². The van der Waals surface area contributed by atoms with Crippen LogP contribution < -0.4 is 0 Å². The number of benzene rings is 1. The lowest BCUT2D eigenvalue weighted by Crippen LogP contribution is -2.42. The van der Waals surface area contributed by atoms with Crippen LogP contribution in [0.15, 0.2) is 47.2 Å². The van der Waals surface area contributed by atoms with Crippen molar-refractivity contribution in [3.05, 3.63) is 58.3 Å². The first-order valence-electron chi connectivity index (χ1n) is 10.2. The second kappa shape index (κ2) is 9.11. The molecule has 2 aliphatic carbocycles. The molecule has 0 heterocycles. The minimum absolute atomic E-state index is 0.149. The lowest BCUT2D eigenvalue weighted by atomic mass is 9.90. The van der Waals surface area contributed by atoms with Gasteiger partial charge in [-0.15, -0.1) is 0 Å². The molecule has 3 rings (SSSR count). The zero-order valence-electron chi connectivity index (χ0n) is 16.9. The first-order chi connectivity index (χ1) is 13.9. The number of carboxylic acids is 1. The zero-order valence-corrected chi connectivity index (χ0v) is 16.9. The number of amides is 1. The van der Waals surface area contributed by atoms with Gasteiger partial charge in [-0.25, -0.2) is 4.79 Å². The summed E-state index contributed by atoms with van der Waals surface area (Å²) in [5.41, 5.74) is 2.78. The molecule has 5 heteroatoms. The summed E-state index contributed by atoms with van der Waals surface area (Å²) in [7, 11) is 0. The second-order valence-corrected chi connectivity index (χ2v) is 7.62. The molecule has 29 heavy (non-hydrogen) atoms. The van der Waals surface area contributed by atoms with Gasteiger partial charge >= 0.3 is 5.97 Å². The Hall–Kier alpha value is -2.84. The van der Waals surface area contributed by atoms with Gasteiger partial charge in [0, 0.05) is 30.0 Å². The summed E-state index contributed by atoms with van der Waals surface area (Å²) in [4.78, 5) is 27.2. The Balaban J connectivity index is 2.07. The Morgan fingerprint density at radius 2 is 1.86 bits per heavy atom. The molecule has 0 radical (unpaired) electrons. The quantitative estimate of drug-likeness (QED) is 0.763. The van der Waals surface area contributed by atoms with Crippen molar-refractivity contribution in [2.45, 2.75) is 64.5 Å². The summed E-state index contributed by atoms with van der Waals surface area (Å²) in [6, 6.07) is 7.21. The van der Waals surface area contributed by atoms with Gasteiger partial charge < -0.3 is 15.1 Å². The van der Waals surface area contributed by atoms with Crippen LogP contribution in [0.5, 0.6) is 0 Å². The number of aryl methyl sites for hydroxylation is 1. The lowest BCUT2D eigenvalue weighted by molar-refractivity contribution is -0.132. The van der Waals surface area contributed by atoms with Crippen LogP contribution >= 0.6 is 0 Å². The third-order valence-electron chi connectivity index (χ3n) is 5.56. The van der Waals surface area contributed by atoms with Gasteiger partial charge in [0.15, 0.2) is 0 Å². The predicted octanol–water partition coefficient (Wildman–Crippen LogP) is 3.82. The normalized spacial score (nSPS) is 21.3. The van der Waals surface area contributed by atoms with Gasteiger partial charge in [0.05, 0.1) is 17.4 Å². The Bertz CT molecular complexity index is 924. The molecular formula is C24H27NO4. The van der Waals surface area contributed by atoms with E-state index in [-0.39, 0.29) is 30.0 Å². The van der Waals surface area contributed by atoms with Crippen molar-refractivity contribution in [1.29, 1.82) is 0 Å². The summed E-state index contributed by atoms with van der Waals surface area (Å²) in [6.07, 6.45) is 4.78. The largest absolute Gasteiger partial charge is 0.478 e. The van der Waals surface area contributed by atoms with Gasteiger partial charge in [0.1, 0.15) is 0 Å². The molecule has 2 aliphatic rings. The van der Waals surface area contributed by atoms with Crippen LogP contribution in [-0.4, -0.2) is 39.1 Å². The van der Waals surface area contributed by atoms with E-state index in [1.165, 1.54) is 0 Å². The topological polar surface area (TPSA) is 77.8 Å². The zero-order chi connectivity index (χ0) is 21.0. The molecule has 152 valence electrons. The Kier molecular flexibility index (Phi) is 6.56. The maximum Gasteiger partial charge on any atom is 0.334 e. The number of hydrogen-bond acceptors (Lipinski definition) is 3. The third kappa shape index (κ3) is 4.60. The Morgan fingerprint density at radius 3 is 2.48 bits per heavy atom. The van der Waals surface area contributed by atoms with Gasteiger partial charge in [0.2, 0.25) is 0 Å². The highest BCUT2D eigenvalue weighted by atomic mass is 16.4. The summed E-state index contributed by atoms with van der Waals surface area (Å²) >= 11 is 0. The van der Waals surface area contributed by atoms with Crippen molar-refractivity contribution in [3.8, 4) is 11.8 Å². The molecule has 5 nitrogen and oxygen atoms in total. The fourth-order valence-electron chi connectivity index (χ4n) is 4.00. The first kappa shape index (κ1) is 20.9. The Morgan fingerprint density at radius 1 is 1.17 bits per heavy atom. The number of carbonyl (C=O) groups excluding carboxylic acids is 1. The molecular weight excluding hydrogens is 366 g/mol. The molecule has 2 N–H and O–H groups in total. The number of aliphatic hydroxyl groups excluding tert-OH is 1. The van der Waals surface area contributed by atoms with Gasteiger partial charge in [-0.2, -0.15) is 0 Å². The van der Waals surface area contributed by atoms with Gasteiger partial charge in [-0.3, -0.25) is 4.79 Å². The standard InChI is InChI=1S/C24H27NO4/c1-3-4-8-17-14-21(24(28)29)22(15-17)25(18-10-12-19(26)13-11-18)23(27)20-9-6-5-7-16(20)2/h5-7,9,15,18-19,26H,3,10-14H2,1-2H3,(H,28,29). The van der Waals surface area contributed by atoms with Crippen molar-refractivity contribution in [2.75, 3.05) is 0 Å².